The van der Waals surface area contributed by atoms with E-state index in [1.165, 1.54) is 6.42 Å². The fraction of sp³-hybridized carbons (Fsp3) is 1.00. The van der Waals surface area contributed by atoms with Crippen LogP contribution >= 0.6 is 0 Å². The van der Waals surface area contributed by atoms with E-state index in [0.717, 1.165) is 57.8 Å². The van der Waals surface area contributed by atoms with Gasteiger partial charge in [0, 0.05) is 25.7 Å². The van der Waals surface area contributed by atoms with Crippen molar-refractivity contribution < 1.29 is 36.3 Å². The standard InChI is InChI=1S/C18H29NO8S/c19-28(20,21)23-12-18-15(26-17(27-18)9-5-2-6-10-17)14-13(11-22-18)24-16(25-14)7-3-1-4-8-16/h13-15H,1-12H2,(H2,19,20,21)/t13-,14-,15+,18+/m1/s1. The van der Waals surface area contributed by atoms with Crippen LogP contribution in [-0.4, -0.2) is 57.3 Å². The van der Waals surface area contributed by atoms with Crippen molar-refractivity contribution in [2.45, 2.75) is 99.9 Å². The summed E-state index contributed by atoms with van der Waals surface area (Å²) in [5.41, 5.74) is 0. The van der Waals surface area contributed by atoms with Crippen LogP contribution in [0.2, 0.25) is 0 Å². The highest BCUT2D eigenvalue weighted by molar-refractivity contribution is 7.84. The topological polar surface area (TPSA) is 116 Å². The van der Waals surface area contributed by atoms with E-state index in [-0.39, 0.29) is 19.3 Å². The molecule has 5 aliphatic rings. The molecule has 4 atom stereocenters. The van der Waals surface area contributed by atoms with Crippen LogP contribution in [0.1, 0.15) is 64.2 Å². The molecule has 2 spiro atoms. The summed E-state index contributed by atoms with van der Waals surface area (Å²) in [5.74, 6) is -2.76. The number of rotatable bonds is 3. The summed E-state index contributed by atoms with van der Waals surface area (Å²) in [6, 6.07) is 0. The smallest absolute Gasteiger partial charge is 0.333 e. The van der Waals surface area contributed by atoms with E-state index in [4.69, 9.17) is 33.0 Å². The van der Waals surface area contributed by atoms with E-state index >= 15 is 0 Å². The molecule has 0 unspecified atom stereocenters. The quantitative estimate of drug-likeness (QED) is 0.731. The maximum absolute atomic E-state index is 11.4. The Labute approximate surface area is 165 Å². The Morgan fingerprint density at radius 1 is 0.893 bits per heavy atom. The first-order valence-corrected chi connectivity index (χ1v) is 11.8. The first kappa shape index (κ1) is 19.6. The maximum Gasteiger partial charge on any atom is 0.333 e. The number of hydrogen-bond donors (Lipinski definition) is 1. The SMILES string of the molecule is NS(=O)(=O)OC[C@@]12OC[C@H]3OC4(CCCCC4)O[C@H]3[C@@H]1OC1(CCCCC1)O2. The first-order valence-electron chi connectivity index (χ1n) is 10.4. The van der Waals surface area contributed by atoms with Gasteiger partial charge in [0.05, 0.1) is 6.61 Å². The molecule has 0 aromatic rings. The molecule has 0 radical (unpaired) electrons. The van der Waals surface area contributed by atoms with Gasteiger partial charge in [-0.3, -0.25) is 4.18 Å². The minimum absolute atomic E-state index is 0.232. The second-order valence-corrected chi connectivity index (χ2v) is 9.92. The zero-order chi connectivity index (χ0) is 19.5. The average molecular weight is 419 g/mol. The van der Waals surface area contributed by atoms with Crippen molar-refractivity contribution in [3.63, 3.8) is 0 Å². The molecule has 9 nitrogen and oxygen atoms in total. The third kappa shape index (κ3) is 3.41. The van der Waals surface area contributed by atoms with Crippen molar-refractivity contribution in [2.75, 3.05) is 13.2 Å². The van der Waals surface area contributed by atoms with Crippen LogP contribution in [0.25, 0.3) is 0 Å². The predicted molar refractivity (Wildman–Crippen MR) is 95.1 cm³/mol. The highest BCUT2D eigenvalue weighted by Crippen LogP contribution is 2.53. The molecule has 0 amide bonds. The summed E-state index contributed by atoms with van der Waals surface area (Å²) in [4.78, 5) is 0. The molecule has 0 aromatic heterocycles. The van der Waals surface area contributed by atoms with Crippen molar-refractivity contribution >= 4 is 10.3 Å². The lowest BCUT2D eigenvalue weighted by Crippen LogP contribution is -2.60. The van der Waals surface area contributed by atoms with Gasteiger partial charge >= 0.3 is 10.3 Å². The van der Waals surface area contributed by atoms with Crippen LogP contribution < -0.4 is 5.14 Å². The zero-order valence-electron chi connectivity index (χ0n) is 16.0. The molecular formula is C18H29NO8S. The molecule has 0 bridgehead atoms. The molecule has 160 valence electrons. The van der Waals surface area contributed by atoms with Crippen molar-refractivity contribution in [3.05, 3.63) is 0 Å². The number of fused-ring (bicyclic) bond motifs is 3. The number of ether oxygens (including phenoxy) is 5. The summed E-state index contributed by atoms with van der Waals surface area (Å²) in [6.07, 6.45) is 8.24. The van der Waals surface area contributed by atoms with E-state index in [9.17, 15) is 8.42 Å². The van der Waals surface area contributed by atoms with E-state index in [1.807, 2.05) is 0 Å². The molecule has 2 aliphatic carbocycles. The average Bonchev–Trinajstić information content (AvgIpc) is 3.16. The van der Waals surface area contributed by atoms with Crippen LogP contribution in [0.3, 0.4) is 0 Å². The summed E-state index contributed by atoms with van der Waals surface area (Å²) < 4.78 is 59.4. The van der Waals surface area contributed by atoms with E-state index in [0.29, 0.717) is 0 Å². The molecule has 0 aromatic carbocycles. The fourth-order valence-corrected chi connectivity index (χ4v) is 5.73. The largest absolute Gasteiger partial charge is 0.343 e. The van der Waals surface area contributed by atoms with Crippen molar-refractivity contribution in [1.82, 2.24) is 0 Å². The van der Waals surface area contributed by atoms with Crippen LogP contribution in [0, 0.1) is 0 Å². The Morgan fingerprint density at radius 3 is 2.18 bits per heavy atom. The summed E-state index contributed by atoms with van der Waals surface area (Å²) in [6.45, 7) is -0.131. The van der Waals surface area contributed by atoms with Gasteiger partial charge in [-0.05, 0) is 25.7 Å². The normalized spacial score (nSPS) is 41.8. The van der Waals surface area contributed by atoms with Crippen LogP contribution in [-0.2, 0) is 38.2 Å². The molecule has 28 heavy (non-hydrogen) atoms. The molecule has 3 aliphatic heterocycles. The molecule has 2 saturated carbocycles. The highest BCUT2D eigenvalue weighted by atomic mass is 32.2. The number of nitrogens with two attached hydrogens (primary N) is 1. The zero-order valence-corrected chi connectivity index (χ0v) is 16.8. The second-order valence-electron chi connectivity index (χ2n) is 8.70. The first-order chi connectivity index (χ1) is 13.3. The van der Waals surface area contributed by atoms with Gasteiger partial charge in [-0.1, -0.05) is 12.8 Å². The lowest BCUT2D eigenvalue weighted by atomic mass is 9.94. The van der Waals surface area contributed by atoms with Crippen LogP contribution in [0.15, 0.2) is 0 Å². The summed E-state index contributed by atoms with van der Waals surface area (Å²) in [7, 11) is -4.15. The van der Waals surface area contributed by atoms with Crippen LogP contribution in [0.5, 0.6) is 0 Å². The van der Waals surface area contributed by atoms with Gasteiger partial charge in [-0.2, -0.15) is 8.42 Å². The van der Waals surface area contributed by atoms with Gasteiger partial charge in [0.15, 0.2) is 11.6 Å². The maximum atomic E-state index is 11.4. The highest BCUT2D eigenvalue weighted by Gasteiger charge is 2.68. The van der Waals surface area contributed by atoms with Crippen molar-refractivity contribution in [3.8, 4) is 0 Å². The molecule has 2 N–H and O–H groups in total. The van der Waals surface area contributed by atoms with Gasteiger partial charge in [0.2, 0.25) is 5.79 Å². The fourth-order valence-electron chi connectivity index (χ4n) is 5.40. The third-order valence-electron chi connectivity index (χ3n) is 6.66. The van der Waals surface area contributed by atoms with Gasteiger partial charge in [0.25, 0.3) is 0 Å². The van der Waals surface area contributed by atoms with Gasteiger partial charge < -0.3 is 23.7 Å². The Bertz CT molecular complexity index is 702. The minimum atomic E-state index is -4.15. The molecular weight excluding hydrogens is 390 g/mol. The summed E-state index contributed by atoms with van der Waals surface area (Å²) in [5, 5.41) is 5.06. The third-order valence-corrected chi connectivity index (χ3v) is 7.11. The number of hydrogen-bond acceptors (Lipinski definition) is 8. The van der Waals surface area contributed by atoms with Crippen LogP contribution in [0.4, 0.5) is 0 Å². The minimum Gasteiger partial charge on any atom is -0.343 e. The van der Waals surface area contributed by atoms with E-state index < -0.39 is 39.9 Å². The van der Waals surface area contributed by atoms with Crippen molar-refractivity contribution in [1.29, 1.82) is 0 Å². The van der Waals surface area contributed by atoms with E-state index in [2.05, 4.69) is 0 Å². The lowest BCUT2D eigenvalue weighted by Gasteiger charge is -2.40. The molecule has 3 heterocycles. The Kier molecular flexibility index (Phi) is 4.80. The molecule has 10 heteroatoms. The Balaban J connectivity index is 1.43. The van der Waals surface area contributed by atoms with Gasteiger partial charge in [-0.25, -0.2) is 5.14 Å². The van der Waals surface area contributed by atoms with Gasteiger partial charge in [0.1, 0.15) is 24.9 Å². The lowest BCUT2D eigenvalue weighted by molar-refractivity contribution is -0.300. The van der Waals surface area contributed by atoms with Gasteiger partial charge in [-0.15, -0.1) is 0 Å². The Morgan fingerprint density at radius 2 is 1.54 bits per heavy atom. The monoisotopic (exact) mass is 419 g/mol. The molecule has 3 saturated heterocycles. The summed E-state index contributed by atoms with van der Waals surface area (Å²) >= 11 is 0. The molecule has 5 rings (SSSR count). The van der Waals surface area contributed by atoms with E-state index in [1.54, 1.807) is 0 Å². The molecule has 5 fully saturated rings. The van der Waals surface area contributed by atoms with Crippen molar-refractivity contribution in [2.24, 2.45) is 5.14 Å². The second kappa shape index (κ2) is 6.84. The Hall–Kier alpha value is -0.330. The predicted octanol–water partition coefficient (Wildman–Crippen LogP) is 1.45.